The van der Waals surface area contributed by atoms with Crippen LogP contribution in [0, 0.1) is 17.7 Å². The first-order chi connectivity index (χ1) is 17.1. The molecule has 0 bridgehead atoms. The third-order valence-corrected chi connectivity index (χ3v) is 7.15. The summed E-state index contributed by atoms with van der Waals surface area (Å²) in [7, 11) is 0. The minimum absolute atomic E-state index is 0.133. The van der Waals surface area contributed by atoms with E-state index >= 15 is 0 Å². The number of carbonyl (C=O) groups is 1. The molecule has 2 heterocycles. The Bertz CT molecular complexity index is 1210. The average Bonchev–Trinajstić information content (AvgIpc) is 2.87. The largest absolute Gasteiger partial charge is 0.450 e. The van der Waals surface area contributed by atoms with Gasteiger partial charge in [-0.2, -0.15) is 10.2 Å². The highest BCUT2D eigenvalue weighted by atomic mass is 19.1. The van der Waals surface area contributed by atoms with Gasteiger partial charge in [-0.3, -0.25) is 4.98 Å². The summed E-state index contributed by atoms with van der Waals surface area (Å²) in [4.78, 5) is 16.5. The average molecular weight is 473 g/mol. The molecule has 0 aliphatic heterocycles. The maximum Gasteiger partial charge on any atom is 0.407 e. The Balaban J connectivity index is 1.34. The van der Waals surface area contributed by atoms with Crippen molar-refractivity contribution in [2.24, 2.45) is 11.8 Å². The number of ether oxygens (including phenoxy) is 1. The number of fused-ring (bicyclic) bond motifs is 2. The van der Waals surface area contributed by atoms with Crippen molar-refractivity contribution in [1.82, 2.24) is 20.5 Å². The van der Waals surface area contributed by atoms with Gasteiger partial charge in [-0.1, -0.05) is 24.3 Å². The lowest BCUT2D eigenvalue weighted by atomic mass is 9.64. The van der Waals surface area contributed by atoms with Crippen molar-refractivity contribution in [3.8, 4) is 11.1 Å². The van der Waals surface area contributed by atoms with Gasteiger partial charge in [0.25, 0.3) is 0 Å². The lowest BCUT2D eigenvalue weighted by molar-refractivity contribution is 0.128. The summed E-state index contributed by atoms with van der Waals surface area (Å²) in [5.74, 6) is 0.767. The van der Waals surface area contributed by atoms with E-state index in [0.717, 1.165) is 48.2 Å². The van der Waals surface area contributed by atoms with Crippen molar-refractivity contribution in [2.45, 2.75) is 44.6 Å². The lowest BCUT2D eigenvalue weighted by Crippen LogP contribution is -2.44. The fourth-order valence-electron chi connectivity index (χ4n) is 5.55. The van der Waals surface area contributed by atoms with Gasteiger partial charge in [0.15, 0.2) is 0 Å². The molecule has 35 heavy (non-hydrogen) atoms. The Morgan fingerprint density at radius 2 is 2.11 bits per heavy atom. The molecule has 5 rings (SSSR count). The van der Waals surface area contributed by atoms with E-state index in [-0.39, 0.29) is 23.9 Å². The summed E-state index contributed by atoms with van der Waals surface area (Å²) in [6.07, 6.45) is 11.2. The zero-order valence-electron chi connectivity index (χ0n) is 19.7. The third-order valence-electron chi connectivity index (χ3n) is 7.15. The predicted octanol–water partition coefficient (Wildman–Crippen LogP) is 5.56. The summed E-state index contributed by atoms with van der Waals surface area (Å²) in [5.41, 5.74) is 4.79. The maximum atomic E-state index is 13.6. The van der Waals surface area contributed by atoms with Crippen LogP contribution in [0.4, 0.5) is 9.18 Å². The number of nitrogens with zero attached hydrogens (tertiary/aromatic N) is 3. The van der Waals surface area contributed by atoms with Crippen LogP contribution in [0.5, 0.6) is 0 Å². The Hall–Kier alpha value is -3.61. The SMILES string of the molecule is CCOC(=O)N[C@H]1CC[C@@H]2[C@H](Cc3ccnnc3[C@H]2/C=C/c2ccc(-c3cccc(F)c3)cn2)C1. The van der Waals surface area contributed by atoms with Crippen molar-refractivity contribution in [3.05, 3.63) is 83.7 Å². The lowest BCUT2D eigenvalue weighted by Gasteiger charge is -2.43. The number of hydrogen-bond acceptors (Lipinski definition) is 5. The van der Waals surface area contributed by atoms with Gasteiger partial charge >= 0.3 is 6.09 Å². The molecule has 1 N–H and O–H groups in total. The Kier molecular flexibility index (Phi) is 6.84. The van der Waals surface area contributed by atoms with Crippen LogP contribution in [0.2, 0.25) is 0 Å². The topological polar surface area (TPSA) is 77.0 Å². The molecule has 4 atom stereocenters. The van der Waals surface area contributed by atoms with E-state index in [0.29, 0.717) is 18.4 Å². The molecule has 180 valence electrons. The number of pyridine rings is 1. The first-order valence-electron chi connectivity index (χ1n) is 12.2. The second-order valence-electron chi connectivity index (χ2n) is 9.31. The molecule has 0 saturated heterocycles. The number of carbonyl (C=O) groups excluding carboxylic acids is 1. The number of aromatic nitrogens is 3. The van der Waals surface area contributed by atoms with Gasteiger partial charge in [0, 0.05) is 29.9 Å². The molecular weight excluding hydrogens is 443 g/mol. The highest BCUT2D eigenvalue weighted by Gasteiger charge is 2.40. The quantitative estimate of drug-likeness (QED) is 0.526. The normalized spacial score (nSPS) is 23.4. The zero-order valence-corrected chi connectivity index (χ0v) is 19.7. The number of alkyl carbamates (subject to hydrolysis) is 1. The monoisotopic (exact) mass is 472 g/mol. The van der Waals surface area contributed by atoms with E-state index in [1.54, 1.807) is 18.5 Å². The number of nitrogens with one attached hydrogen (secondary N) is 1. The molecule has 3 aromatic rings. The summed E-state index contributed by atoms with van der Waals surface area (Å²) in [6, 6.07) is 12.6. The molecular formula is C28H29FN4O2. The van der Waals surface area contributed by atoms with E-state index in [1.807, 2.05) is 31.2 Å². The number of benzene rings is 1. The minimum atomic E-state index is -0.331. The molecule has 6 nitrogen and oxygen atoms in total. The van der Waals surface area contributed by atoms with Crippen LogP contribution in [-0.2, 0) is 11.2 Å². The second kappa shape index (κ2) is 10.3. The zero-order chi connectivity index (χ0) is 24.2. The number of amides is 1. The molecule has 2 aliphatic carbocycles. The van der Waals surface area contributed by atoms with Gasteiger partial charge in [-0.05, 0) is 85.9 Å². The van der Waals surface area contributed by atoms with Crippen LogP contribution >= 0.6 is 0 Å². The molecule has 1 aromatic carbocycles. The molecule has 0 unspecified atom stereocenters. The van der Waals surface area contributed by atoms with E-state index in [4.69, 9.17) is 4.74 Å². The van der Waals surface area contributed by atoms with Crippen molar-refractivity contribution in [1.29, 1.82) is 0 Å². The second-order valence-corrected chi connectivity index (χ2v) is 9.31. The molecule has 0 spiro atoms. The van der Waals surface area contributed by atoms with Gasteiger partial charge in [0.2, 0.25) is 0 Å². The molecule has 7 heteroatoms. The van der Waals surface area contributed by atoms with Crippen LogP contribution in [0.3, 0.4) is 0 Å². The molecule has 1 fully saturated rings. The van der Waals surface area contributed by atoms with Crippen LogP contribution in [0.1, 0.15) is 49.1 Å². The number of hydrogen-bond donors (Lipinski definition) is 1. The van der Waals surface area contributed by atoms with Crippen LogP contribution in [0.25, 0.3) is 17.2 Å². The molecule has 0 radical (unpaired) electrons. The summed E-state index contributed by atoms with van der Waals surface area (Å²) in [5, 5.41) is 11.7. The maximum absolute atomic E-state index is 13.6. The van der Waals surface area contributed by atoms with Crippen molar-refractivity contribution >= 4 is 12.2 Å². The van der Waals surface area contributed by atoms with Crippen LogP contribution in [0.15, 0.2) is 60.9 Å². The van der Waals surface area contributed by atoms with E-state index in [9.17, 15) is 9.18 Å². The first-order valence-corrected chi connectivity index (χ1v) is 12.2. The van der Waals surface area contributed by atoms with E-state index < -0.39 is 0 Å². The first kappa shape index (κ1) is 23.1. The number of rotatable bonds is 5. The summed E-state index contributed by atoms with van der Waals surface area (Å²) >= 11 is 0. The molecule has 1 saturated carbocycles. The van der Waals surface area contributed by atoms with Crippen LogP contribution in [-0.4, -0.2) is 33.9 Å². The summed E-state index contributed by atoms with van der Waals surface area (Å²) in [6.45, 7) is 2.19. The van der Waals surface area contributed by atoms with Crippen molar-refractivity contribution in [3.63, 3.8) is 0 Å². The molecule has 2 aromatic heterocycles. The Morgan fingerprint density at radius 3 is 2.91 bits per heavy atom. The highest BCUT2D eigenvalue weighted by molar-refractivity contribution is 5.67. The van der Waals surface area contributed by atoms with Crippen molar-refractivity contribution < 1.29 is 13.9 Å². The fraction of sp³-hybridized carbons (Fsp3) is 0.357. The highest BCUT2D eigenvalue weighted by Crippen LogP contribution is 2.46. The van der Waals surface area contributed by atoms with E-state index in [2.05, 4.69) is 32.6 Å². The van der Waals surface area contributed by atoms with E-state index in [1.165, 1.54) is 17.7 Å². The summed E-state index contributed by atoms with van der Waals surface area (Å²) < 4.78 is 18.7. The smallest absolute Gasteiger partial charge is 0.407 e. The standard InChI is InChI=1S/C28H29FN4O2/c1-2-35-28(34)32-24-9-10-25-21(16-24)14-19-12-13-31-33-27(19)26(25)11-8-23-7-6-20(17-30-23)18-4-3-5-22(29)15-18/h3-8,11-13,15,17,21,24-26H,2,9-10,14,16H2,1H3,(H,32,34)/b11-8+/t21-,24+,25-,26+/m1/s1. The predicted molar refractivity (Wildman–Crippen MR) is 132 cm³/mol. The fourth-order valence-corrected chi connectivity index (χ4v) is 5.55. The third kappa shape index (κ3) is 5.24. The Labute approximate surface area is 204 Å². The van der Waals surface area contributed by atoms with Gasteiger partial charge in [0.05, 0.1) is 18.0 Å². The van der Waals surface area contributed by atoms with Gasteiger partial charge in [-0.25, -0.2) is 9.18 Å². The Morgan fingerprint density at radius 1 is 1.20 bits per heavy atom. The van der Waals surface area contributed by atoms with Gasteiger partial charge < -0.3 is 10.1 Å². The number of allylic oxidation sites excluding steroid dienone is 1. The van der Waals surface area contributed by atoms with Gasteiger partial charge in [-0.15, -0.1) is 0 Å². The molecule has 1 amide bonds. The van der Waals surface area contributed by atoms with Gasteiger partial charge in [0.1, 0.15) is 5.82 Å². The van der Waals surface area contributed by atoms with Crippen LogP contribution < -0.4 is 5.32 Å². The van der Waals surface area contributed by atoms with Crippen molar-refractivity contribution in [2.75, 3.05) is 6.61 Å². The number of halogens is 1. The molecule has 2 aliphatic rings. The minimum Gasteiger partial charge on any atom is -0.450 e.